The number of amides is 2. The average Bonchev–Trinajstić information content (AvgIpc) is 2.61. The third kappa shape index (κ3) is 4.21. The van der Waals surface area contributed by atoms with Crippen LogP contribution in [0, 0.1) is 5.82 Å². The van der Waals surface area contributed by atoms with Gasteiger partial charge < -0.3 is 15.0 Å². The summed E-state index contributed by atoms with van der Waals surface area (Å²) >= 11 is 0. The van der Waals surface area contributed by atoms with Crippen molar-refractivity contribution in [2.75, 3.05) is 19.7 Å². The highest BCUT2D eigenvalue weighted by molar-refractivity contribution is 5.74. The van der Waals surface area contributed by atoms with Gasteiger partial charge in [0, 0.05) is 26.2 Å². The summed E-state index contributed by atoms with van der Waals surface area (Å²) in [7, 11) is 0. The molecule has 0 radical (unpaired) electrons. The molecule has 1 aromatic rings. The molecule has 19 heavy (non-hydrogen) atoms. The predicted octanol–water partition coefficient (Wildman–Crippen LogP) is 2.15. The van der Waals surface area contributed by atoms with Crippen molar-refractivity contribution in [2.24, 2.45) is 0 Å². The van der Waals surface area contributed by atoms with Crippen molar-refractivity contribution >= 4 is 6.03 Å². The van der Waals surface area contributed by atoms with Gasteiger partial charge in [-0.2, -0.15) is 0 Å². The molecule has 1 atom stereocenters. The summed E-state index contributed by atoms with van der Waals surface area (Å²) in [6, 6.07) is 6.12. The second-order valence-electron chi connectivity index (χ2n) is 4.77. The first-order valence-corrected chi connectivity index (χ1v) is 6.54. The van der Waals surface area contributed by atoms with E-state index in [1.807, 2.05) is 6.92 Å². The molecule has 1 fully saturated rings. The van der Waals surface area contributed by atoms with Crippen molar-refractivity contribution in [3.05, 3.63) is 35.6 Å². The van der Waals surface area contributed by atoms with Crippen molar-refractivity contribution in [2.45, 2.75) is 26.0 Å². The zero-order valence-electron chi connectivity index (χ0n) is 11.1. The molecule has 104 valence electrons. The van der Waals surface area contributed by atoms with Crippen molar-refractivity contribution in [1.82, 2.24) is 10.2 Å². The van der Waals surface area contributed by atoms with Gasteiger partial charge in [-0.25, -0.2) is 9.18 Å². The Hall–Kier alpha value is -1.62. The largest absolute Gasteiger partial charge is 0.377 e. The average molecular weight is 266 g/mol. The zero-order chi connectivity index (χ0) is 13.7. The van der Waals surface area contributed by atoms with Crippen LogP contribution in [0.3, 0.4) is 0 Å². The Labute approximate surface area is 112 Å². The van der Waals surface area contributed by atoms with Crippen molar-refractivity contribution in [3.63, 3.8) is 0 Å². The topological polar surface area (TPSA) is 41.6 Å². The zero-order valence-corrected chi connectivity index (χ0v) is 11.1. The second kappa shape index (κ2) is 6.52. The fourth-order valence-corrected chi connectivity index (χ4v) is 2.12. The fraction of sp³-hybridized carbons (Fsp3) is 0.500. The van der Waals surface area contributed by atoms with Gasteiger partial charge in [-0.15, -0.1) is 0 Å². The minimum Gasteiger partial charge on any atom is -0.377 e. The molecule has 2 rings (SSSR count). The lowest BCUT2D eigenvalue weighted by Crippen LogP contribution is -2.42. The lowest BCUT2D eigenvalue weighted by Gasteiger charge is -2.22. The molecule has 1 aromatic carbocycles. The van der Waals surface area contributed by atoms with Gasteiger partial charge in [0.1, 0.15) is 5.82 Å². The molecule has 0 saturated carbocycles. The van der Waals surface area contributed by atoms with Crippen LogP contribution in [0.4, 0.5) is 9.18 Å². The van der Waals surface area contributed by atoms with Crippen LogP contribution in [0.2, 0.25) is 0 Å². The van der Waals surface area contributed by atoms with Gasteiger partial charge in [0.25, 0.3) is 0 Å². The van der Waals surface area contributed by atoms with E-state index < -0.39 is 0 Å². The Bertz CT molecular complexity index is 439. The Morgan fingerprint density at radius 3 is 3.21 bits per heavy atom. The van der Waals surface area contributed by atoms with E-state index in [0.29, 0.717) is 26.2 Å². The summed E-state index contributed by atoms with van der Waals surface area (Å²) in [4.78, 5) is 13.8. The van der Waals surface area contributed by atoms with Crippen LogP contribution in [0.5, 0.6) is 0 Å². The summed E-state index contributed by atoms with van der Waals surface area (Å²) in [5.41, 5.74) is 0.757. The molecule has 1 saturated heterocycles. The second-order valence-corrected chi connectivity index (χ2v) is 4.77. The summed E-state index contributed by atoms with van der Waals surface area (Å²) in [6.45, 7) is 4.27. The normalized spacial score (nSPS) is 19.9. The summed E-state index contributed by atoms with van der Waals surface area (Å²) in [5, 5.41) is 2.81. The molecule has 0 aromatic heterocycles. The lowest BCUT2D eigenvalue weighted by atomic mass is 10.2. The van der Waals surface area contributed by atoms with Crippen molar-refractivity contribution < 1.29 is 13.9 Å². The Morgan fingerprint density at radius 2 is 2.42 bits per heavy atom. The number of nitrogens with one attached hydrogen (secondary N) is 1. The van der Waals surface area contributed by atoms with Gasteiger partial charge in [-0.3, -0.25) is 0 Å². The molecular weight excluding hydrogens is 247 g/mol. The maximum atomic E-state index is 13.0. The van der Waals surface area contributed by atoms with E-state index in [1.54, 1.807) is 17.0 Å². The van der Waals surface area contributed by atoms with Gasteiger partial charge >= 0.3 is 6.03 Å². The van der Waals surface area contributed by atoms with E-state index in [1.165, 1.54) is 12.1 Å². The van der Waals surface area contributed by atoms with Crippen LogP contribution in [0.1, 0.15) is 18.9 Å². The van der Waals surface area contributed by atoms with Gasteiger partial charge in [0.2, 0.25) is 0 Å². The molecule has 2 amide bonds. The van der Waals surface area contributed by atoms with Crippen molar-refractivity contribution in [1.29, 1.82) is 0 Å². The summed E-state index contributed by atoms with van der Waals surface area (Å²) < 4.78 is 18.5. The highest BCUT2D eigenvalue weighted by atomic mass is 19.1. The first kappa shape index (κ1) is 13.8. The van der Waals surface area contributed by atoms with E-state index in [4.69, 9.17) is 4.74 Å². The third-order valence-corrected chi connectivity index (χ3v) is 3.07. The van der Waals surface area contributed by atoms with Crippen LogP contribution < -0.4 is 5.32 Å². The molecule has 5 heteroatoms. The first-order chi connectivity index (χ1) is 9.15. The number of hydrogen-bond donors (Lipinski definition) is 1. The Morgan fingerprint density at radius 1 is 1.58 bits per heavy atom. The summed E-state index contributed by atoms with van der Waals surface area (Å²) in [6.07, 6.45) is 0.903. The highest BCUT2D eigenvalue weighted by Crippen LogP contribution is 2.07. The monoisotopic (exact) mass is 266 g/mol. The smallest absolute Gasteiger partial charge is 0.317 e. The van der Waals surface area contributed by atoms with Gasteiger partial charge in [0.15, 0.2) is 0 Å². The molecule has 4 nitrogen and oxygen atoms in total. The van der Waals surface area contributed by atoms with E-state index >= 15 is 0 Å². The van der Waals surface area contributed by atoms with Gasteiger partial charge in [-0.1, -0.05) is 12.1 Å². The molecule has 0 unspecified atom stereocenters. The van der Waals surface area contributed by atoms with Crippen LogP contribution in [0.25, 0.3) is 0 Å². The Balaban J connectivity index is 1.86. The summed E-state index contributed by atoms with van der Waals surface area (Å²) in [5.74, 6) is -0.288. The number of rotatable bonds is 2. The molecule has 1 N–H and O–H groups in total. The first-order valence-electron chi connectivity index (χ1n) is 6.54. The number of hydrogen-bond acceptors (Lipinski definition) is 2. The van der Waals surface area contributed by atoms with Gasteiger partial charge in [-0.05, 0) is 31.0 Å². The van der Waals surface area contributed by atoms with Gasteiger partial charge in [0.05, 0.1) is 6.10 Å². The van der Waals surface area contributed by atoms with Crippen molar-refractivity contribution in [3.8, 4) is 0 Å². The van der Waals surface area contributed by atoms with Crippen LogP contribution in [-0.2, 0) is 11.3 Å². The van der Waals surface area contributed by atoms with E-state index in [0.717, 1.165) is 12.0 Å². The highest BCUT2D eigenvalue weighted by Gasteiger charge is 2.19. The maximum Gasteiger partial charge on any atom is 0.317 e. The van der Waals surface area contributed by atoms with Crippen LogP contribution >= 0.6 is 0 Å². The molecular formula is C14H19FN2O2. The maximum absolute atomic E-state index is 13.0. The minimum atomic E-state index is -0.288. The van der Waals surface area contributed by atoms with E-state index in [9.17, 15) is 9.18 Å². The number of carbonyl (C=O) groups is 1. The number of nitrogens with zero attached hydrogens (tertiary/aromatic N) is 1. The predicted molar refractivity (Wildman–Crippen MR) is 70.2 cm³/mol. The molecule has 0 spiro atoms. The number of carbonyl (C=O) groups excluding carboxylic acids is 1. The molecule has 0 bridgehead atoms. The Kier molecular flexibility index (Phi) is 4.74. The van der Waals surface area contributed by atoms with E-state index in [2.05, 4.69) is 5.32 Å². The standard InChI is InChI=1S/C14H19FN2O2/c1-11-10-17(6-3-7-19-11)14(18)16-9-12-4-2-5-13(15)8-12/h2,4-5,8,11H,3,6-7,9-10H2,1H3,(H,16,18)/t11-/m0/s1. The number of benzene rings is 1. The van der Waals surface area contributed by atoms with Crippen LogP contribution in [0.15, 0.2) is 24.3 Å². The molecule has 1 heterocycles. The molecule has 1 aliphatic rings. The molecule has 0 aliphatic carbocycles. The number of urea groups is 1. The molecule has 1 aliphatic heterocycles. The van der Waals surface area contributed by atoms with E-state index in [-0.39, 0.29) is 18.0 Å². The fourth-order valence-electron chi connectivity index (χ4n) is 2.12. The third-order valence-electron chi connectivity index (χ3n) is 3.07. The van der Waals surface area contributed by atoms with Crippen LogP contribution in [-0.4, -0.2) is 36.7 Å². The quantitative estimate of drug-likeness (QED) is 0.891. The SMILES string of the molecule is C[C@H]1CN(C(=O)NCc2cccc(F)c2)CCCO1. The lowest BCUT2D eigenvalue weighted by molar-refractivity contribution is 0.0710. The number of ether oxygens (including phenoxy) is 1. The minimum absolute atomic E-state index is 0.0578. The number of halogens is 1.